The Balaban J connectivity index is 1.63. The third-order valence-electron chi connectivity index (χ3n) is 3.38. The Morgan fingerprint density at radius 1 is 1.16 bits per heavy atom. The number of hydrazone groups is 1. The molecule has 1 amide bonds. The Morgan fingerprint density at radius 3 is 2.64 bits per heavy atom. The summed E-state index contributed by atoms with van der Waals surface area (Å²) >= 11 is 6.10. The summed E-state index contributed by atoms with van der Waals surface area (Å²) in [7, 11) is 0. The molecular formula is C17H15ClN6O. The lowest BCUT2D eigenvalue weighted by molar-refractivity contribution is -0.122. The molecule has 0 unspecified atom stereocenters. The number of nitrogens with zero attached hydrogens (tertiary/aromatic N) is 5. The predicted octanol–water partition coefficient (Wildman–Crippen LogP) is 2.53. The Kier molecular flexibility index (Phi) is 5.15. The van der Waals surface area contributed by atoms with Crippen LogP contribution in [-0.4, -0.2) is 31.8 Å². The Morgan fingerprint density at radius 2 is 1.88 bits per heavy atom. The fourth-order valence-corrected chi connectivity index (χ4v) is 2.41. The minimum Gasteiger partial charge on any atom is -0.271 e. The van der Waals surface area contributed by atoms with Crippen molar-refractivity contribution in [3.8, 4) is 11.4 Å². The predicted molar refractivity (Wildman–Crippen MR) is 95.1 cm³/mol. The number of carbonyl (C=O) groups excluding carboxylic acids is 1. The standard InChI is InChI=1S/C17H15ClN6O/c1-12(14-9-5-6-10-15(14)18)19-20-16(25)11-24-22-17(21-23-24)13-7-3-2-4-8-13/h2-10H,11H2,1H3,(H,20,25)/b19-12-. The van der Waals surface area contributed by atoms with Gasteiger partial charge in [0.1, 0.15) is 6.54 Å². The largest absolute Gasteiger partial charge is 0.271 e. The lowest BCUT2D eigenvalue weighted by Gasteiger charge is -2.04. The molecule has 3 aromatic rings. The zero-order chi connectivity index (χ0) is 17.6. The molecule has 0 fully saturated rings. The Labute approximate surface area is 149 Å². The number of hydrogen-bond donors (Lipinski definition) is 1. The van der Waals surface area contributed by atoms with Gasteiger partial charge in [-0.25, -0.2) is 5.43 Å². The SMILES string of the molecule is C/C(=N/NC(=O)Cn1nnc(-c2ccccc2)n1)c1ccccc1Cl. The van der Waals surface area contributed by atoms with E-state index in [2.05, 4.69) is 25.9 Å². The maximum Gasteiger partial charge on any atom is 0.263 e. The van der Waals surface area contributed by atoms with Gasteiger partial charge in [0, 0.05) is 16.1 Å². The van der Waals surface area contributed by atoms with Gasteiger partial charge in [0.05, 0.1) is 5.71 Å². The maximum absolute atomic E-state index is 12.0. The topological polar surface area (TPSA) is 85.1 Å². The number of carbonyl (C=O) groups is 1. The van der Waals surface area contributed by atoms with Crippen molar-refractivity contribution in [3.05, 3.63) is 65.2 Å². The number of aromatic nitrogens is 4. The van der Waals surface area contributed by atoms with Crippen molar-refractivity contribution in [2.75, 3.05) is 0 Å². The molecule has 0 spiro atoms. The van der Waals surface area contributed by atoms with E-state index in [1.165, 1.54) is 4.80 Å². The minimum absolute atomic E-state index is 0.0842. The fourth-order valence-electron chi connectivity index (χ4n) is 2.14. The summed E-state index contributed by atoms with van der Waals surface area (Å²) in [6.07, 6.45) is 0. The molecule has 0 aliphatic heterocycles. The van der Waals surface area contributed by atoms with E-state index in [1.807, 2.05) is 48.5 Å². The first-order chi connectivity index (χ1) is 12.1. The summed E-state index contributed by atoms with van der Waals surface area (Å²) in [6.45, 7) is 1.68. The van der Waals surface area contributed by atoms with Crippen molar-refractivity contribution in [3.63, 3.8) is 0 Å². The van der Waals surface area contributed by atoms with Crippen LogP contribution in [0.2, 0.25) is 5.02 Å². The minimum atomic E-state index is -0.358. The number of amides is 1. The number of halogens is 1. The fraction of sp³-hybridized carbons (Fsp3) is 0.118. The summed E-state index contributed by atoms with van der Waals surface area (Å²) in [5, 5.41) is 16.6. The molecule has 0 aliphatic carbocycles. The van der Waals surface area contributed by atoms with Gasteiger partial charge < -0.3 is 0 Å². The van der Waals surface area contributed by atoms with Crippen LogP contribution in [0.3, 0.4) is 0 Å². The van der Waals surface area contributed by atoms with Gasteiger partial charge in [-0.05, 0) is 18.2 Å². The molecular weight excluding hydrogens is 340 g/mol. The summed E-state index contributed by atoms with van der Waals surface area (Å²) in [5.74, 6) is 0.104. The van der Waals surface area contributed by atoms with Crippen molar-refractivity contribution in [1.29, 1.82) is 0 Å². The summed E-state index contributed by atoms with van der Waals surface area (Å²) in [5.41, 5.74) is 4.67. The van der Waals surface area contributed by atoms with E-state index in [0.717, 1.165) is 11.1 Å². The summed E-state index contributed by atoms with van der Waals surface area (Å²) in [6, 6.07) is 16.7. The highest BCUT2D eigenvalue weighted by molar-refractivity contribution is 6.34. The highest BCUT2D eigenvalue weighted by Gasteiger charge is 2.09. The summed E-state index contributed by atoms with van der Waals surface area (Å²) < 4.78 is 0. The Bertz CT molecular complexity index is 906. The zero-order valence-electron chi connectivity index (χ0n) is 13.4. The van der Waals surface area contributed by atoms with Gasteiger partial charge in [0.25, 0.3) is 5.91 Å². The molecule has 3 rings (SSSR count). The van der Waals surface area contributed by atoms with Gasteiger partial charge in [-0.1, -0.05) is 60.1 Å². The van der Waals surface area contributed by atoms with Crippen LogP contribution < -0.4 is 5.43 Å². The second-order valence-electron chi connectivity index (χ2n) is 5.22. The van der Waals surface area contributed by atoms with E-state index in [9.17, 15) is 4.79 Å². The van der Waals surface area contributed by atoms with Crippen molar-refractivity contribution < 1.29 is 4.79 Å². The van der Waals surface area contributed by atoms with Gasteiger partial charge in [-0.3, -0.25) is 4.79 Å². The number of nitrogens with one attached hydrogen (secondary N) is 1. The number of hydrogen-bond acceptors (Lipinski definition) is 5. The molecule has 1 N–H and O–H groups in total. The average Bonchev–Trinajstić information content (AvgIpc) is 3.09. The third kappa shape index (κ3) is 4.27. The first-order valence-corrected chi connectivity index (χ1v) is 7.92. The molecule has 0 radical (unpaired) electrons. The van der Waals surface area contributed by atoms with E-state index in [1.54, 1.807) is 13.0 Å². The molecule has 126 valence electrons. The average molecular weight is 355 g/mol. The normalized spacial score (nSPS) is 11.4. The van der Waals surface area contributed by atoms with Crippen LogP contribution in [0.25, 0.3) is 11.4 Å². The van der Waals surface area contributed by atoms with E-state index in [-0.39, 0.29) is 12.5 Å². The molecule has 0 aliphatic rings. The van der Waals surface area contributed by atoms with Gasteiger partial charge in [0.2, 0.25) is 5.82 Å². The first-order valence-electron chi connectivity index (χ1n) is 7.55. The third-order valence-corrected chi connectivity index (χ3v) is 3.71. The van der Waals surface area contributed by atoms with E-state index >= 15 is 0 Å². The van der Waals surface area contributed by atoms with E-state index in [0.29, 0.717) is 16.6 Å². The maximum atomic E-state index is 12.0. The van der Waals surface area contributed by atoms with Crippen LogP contribution in [0, 0.1) is 0 Å². The van der Waals surface area contributed by atoms with Crippen LogP contribution in [0.5, 0.6) is 0 Å². The first kappa shape index (κ1) is 16.8. The van der Waals surface area contributed by atoms with Crippen LogP contribution in [0.1, 0.15) is 12.5 Å². The van der Waals surface area contributed by atoms with Crippen LogP contribution in [-0.2, 0) is 11.3 Å². The van der Waals surface area contributed by atoms with Crippen LogP contribution in [0.4, 0.5) is 0 Å². The molecule has 1 aromatic heterocycles. The number of benzene rings is 2. The molecule has 1 heterocycles. The zero-order valence-corrected chi connectivity index (χ0v) is 14.2. The van der Waals surface area contributed by atoms with Crippen LogP contribution in [0.15, 0.2) is 59.7 Å². The lowest BCUT2D eigenvalue weighted by atomic mass is 10.1. The molecule has 0 bridgehead atoms. The Hall–Kier alpha value is -3.06. The van der Waals surface area contributed by atoms with Crippen LogP contribution >= 0.6 is 11.6 Å². The van der Waals surface area contributed by atoms with E-state index in [4.69, 9.17) is 11.6 Å². The monoisotopic (exact) mass is 354 g/mol. The van der Waals surface area contributed by atoms with Gasteiger partial charge >= 0.3 is 0 Å². The van der Waals surface area contributed by atoms with Gasteiger partial charge in [0.15, 0.2) is 0 Å². The number of tetrazole rings is 1. The van der Waals surface area contributed by atoms with Crippen molar-refractivity contribution in [1.82, 2.24) is 25.6 Å². The summed E-state index contributed by atoms with van der Waals surface area (Å²) in [4.78, 5) is 13.2. The van der Waals surface area contributed by atoms with Gasteiger partial charge in [-0.15, -0.1) is 10.2 Å². The van der Waals surface area contributed by atoms with E-state index < -0.39 is 0 Å². The smallest absolute Gasteiger partial charge is 0.263 e. The van der Waals surface area contributed by atoms with Crippen molar-refractivity contribution in [2.24, 2.45) is 5.10 Å². The second kappa shape index (κ2) is 7.67. The highest BCUT2D eigenvalue weighted by atomic mass is 35.5. The molecule has 0 atom stereocenters. The highest BCUT2D eigenvalue weighted by Crippen LogP contribution is 2.15. The van der Waals surface area contributed by atoms with Crippen molar-refractivity contribution >= 4 is 23.2 Å². The molecule has 0 saturated heterocycles. The molecule has 2 aromatic carbocycles. The van der Waals surface area contributed by atoms with Crippen molar-refractivity contribution in [2.45, 2.75) is 13.5 Å². The molecule has 8 heteroatoms. The second-order valence-corrected chi connectivity index (χ2v) is 5.63. The molecule has 0 saturated carbocycles. The molecule has 7 nitrogen and oxygen atoms in total. The number of rotatable bonds is 5. The quantitative estimate of drug-likeness (QED) is 0.563. The lowest BCUT2D eigenvalue weighted by Crippen LogP contribution is -2.25. The molecule has 25 heavy (non-hydrogen) atoms. The van der Waals surface area contributed by atoms with Gasteiger partial charge in [-0.2, -0.15) is 9.90 Å².